The van der Waals surface area contributed by atoms with Crippen LogP contribution in [-0.2, 0) is 4.79 Å². The van der Waals surface area contributed by atoms with Gasteiger partial charge in [-0.3, -0.25) is 4.79 Å². The number of unbranched alkanes of at least 4 members (excludes halogenated alkanes) is 13. The molecule has 0 unspecified atom stereocenters. The fourth-order valence-corrected chi connectivity index (χ4v) is 3.49. The van der Waals surface area contributed by atoms with Crippen LogP contribution in [0.4, 0.5) is 0 Å². The second-order valence-corrected chi connectivity index (χ2v) is 7.56. The number of hydrogen-bond donors (Lipinski definition) is 0. The van der Waals surface area contributed by atoms with E-state index in [0.717, 1.165) is 23.3 Å². The van der Waals surface area contributed by atoms with Gasteiger partial charge in [0, 0.05) is 4.86 Å². The molecule has 0 aromatic rings. The number of allylic oxidation sites excluding steroid dienone is 4. The van der Waals surface area contributed by atoms with Crippen LogP contribution >= 0.6 is 12.2 Å². The number of thiocarbonyl (C=S) groups is 1. The topological polar surface area (TPSA) is 17.1 Å². The molecule has 0 aliphatic heterocycles. The Bertz CT molecular complexity index is 420. The molecule has 1 rings (SSSR count). The predicted molar refractivity (Wildman–Crippen MR) is 110 cm³/mol. The highest BCUT2D eigenvalue weighted by molar-refractivity contribution is 7.81. The molecule has 1 aliphatic carbocycles. The van der Waals surface area contributed by atoms with Crippen molar-refractivity contribution in [1.29, 1.82) is 0 Å². The van der Waals surface area contributed by atoms with Crippen LogP contribution in [0.5, 0.6) is 0 Å². The predicted octanol–water partition coefficient (Wildman–Crippen LogP) is 7.29. The summed E-state index contributed by atoms with van der Waals surface area (Å²) >= 11 is 5.27. The van der Waals surface area contributed by atoms with Crippen LogP contribution in [0.3, 0.4) is 0 Å². The lowest BCUT2D eigenvalue weighted by Crippen LogP contribution is -2.05. The zero-order chi connectivity index (χ0) is 17.5. The van der Waals surface area contributed by atoms with Crippen molar-refractivity contribution in [2.24, 2.45) is 0 Å². The van der Waals surface area contributed by atoms with Crippen molar-refractivity contribution in [2.75, 3.05) is 0 Å². The van der Waals surface area contributed by atoms with E-state index in [-0.39, 0.29) is 5.78 Å². The molecule has 0 amide bonds. The quantitative estimate of drug-likeness (QED) is 0.228. The first kappa shape index (κ1) is 21.3. The molecule has 0 N–H and O–H groups in total. The van der Waals surface area contributed by atoms with E-state index in [0.29, 0.717) is 0 Å². The molecule has 0 spiro atoms. The molecule has 0 fully saturated rings. The van der Waals surface area contributed by atoms with Crippen LogP contribution in [0.15, 0.2) is 23.8 Å². The molecule has 0 bridgehead atoms. The minimum Gasteiger partial charge on any atom is -0.290 e. The fraction of sp³-hybridized carbons (Fsp3) is 0.727. The number of carbonyl (C=O) groups excluding carboxylic acids is 1. The molecule has 0 saturated heterocycles. The highest BCUT2D eigenvalue weighted by Gasteiger charge is 2.09. The highest BCUT2D eigenvalue weighted by Crippen LogP contribution is 2.17. The summed E-state index contributed by atoms with van der Waals surface area (Å²) in [6, 6.07) is 0. The molecule has 0 aromatic heterocycles. The van der Waals surface area contributed by atoms with E-state index < -0.39 is 0 Å². The highest BCUT2D eigenvalue weighted by atomic mass is 32.1. The van der Waals surface area contributed by atoms with E-state index in [2.05, 4.69) is 6.92 Å². The first-order valence-electron chi connectivity index (χ1n) is 10.2. The van der Waals surface area contributed by atoms with Gasteiger partial charge in [0.05, 0.1) is 0 Å². The van der Waals surface area contributed by atoms with Gasteiger partial charge in [-0.1, -0.05) is 103 Å². The van der Waals surface area contributed by atoms with Crippen molar-refractivity contribution in [3.05, 3.63) is 23.8 Å². The Hall–Kier alpha value is -0.760. The van der Waals surface area contributed by atoms with Gasteiger partial charge in [0.25, 0.3) is 0 Å². The van der Waals surface area contributed by atoms with E-state index in [1.165, 1.54) is 83.5 Å². The first-order chi connectivity index (χ1) is 11.7. The molecular formula is C22H36OS. The SMILES string of the molecule is CCCCCCCCCCCCCCCCC1=CC(=O)C=CC1=S. The fourth-order valence-electron chi connectivity index (χ4n) is 3.26. The number of ketones is 1. The Kier molecular flexibility index (Phi) is 12.9. The van der Waals surface area contributed by atoms with Crippen molar-refractivity contribution < 1.29 is 4.79 Å². The normalized spacial score (nSPS) is 14.3. The summed E-state index contributed by atoms with van der Waals surface area (Å²) < 4.78 is 0. The van der Waals surface area contributed by atoms with Crippen LogP contribution in [-0.4, -0.2) is 10.6 Å². The lowest BCUT2D eigenvalue weighted by Gasteiger charge is -2.08. The molecule has 24 heavy (non-hydrogen) atoms. The van der Waals surface area contributed by atoms with Gasteiger partial charge in [-0.25, -0.2) is 0 Å². The summed E-state index contributed by atoms with van der Waals surface area (Å²) in [6.45, 7) is 2.28. The van der Waals surface area contributed by atoms with Crippen molar-refractivity contribution in [3.63, 3.8) is 0 Å². The number of rotatable bonds is 15. The van der Waals surface area contributed by atoms with E-state index in [1.807, 2.05) is 0 Å². The molecule has 1 aliphatic rings. The van der Waals surface area contributed by atoms with E-state index in [9.17, 15) is 4.79 Å². The Morgan fingerprint density at radius 2 is 1.17 bits per heavy atom. The maximum Gasteiger partial charge on any atom is 0.179 e. The zero-order valence-corrected chi connectivity index (χ0v) is 16.5. The van der Waals surface area contributed by atoms with Gasteiger partial charge in [-0.05, 0) is 36.6 Å². The van der Waals surface area contributed by atoms with Crippen LogP contribution in [0.2, 0.25) is 0 Å². The van der Waals surface area contributed by atoms with Gasteiger partial charge in [0.2, 0.25) is 0 Å². The van der Waals surface area contributed by atoms with Crippen molar-refractivity contribution in [3.8, 4) is 0 Å². The van der Waals surface area contributed by atoms with Crippen molar-refractivity contribution in [1.82, 2.24) is 0 Å². The molecule has 0 atom stereocenters. The van der Waals surface area contributed by atoms with E-state index in [1.54, 1.807) is 18.2 Å². The van der Waals surface area contributed by atoms with Gasteiger partial charge in [-0.15, -0.1) is 0 Å². The molecular weight excluding hydrogens is 312 g/mol. The zero-order valence-electron chi connectivity index (χ0n) is 15.7. The monoisotopic (exact) mass is 348 g/mol. The van der Waals surface area contributed by atoms with Crippen LogP contribution in [0.1, 0.15) is 103 Å². The summed E-state index contributed by atoms with van der Waals surface area (Å²) in [5.41, 5.74) is 1.07. The Balaban J connectivity index is 1.83. The van der Waals surface area contributed by atoms with E-state index >= 15 is 0 Å². The number of hydrogen-bond acceptors (Lipinski definition) is 2. The van der Waals surface area contributed by atoms with Crippen LogP contribution in [0.25, 0.3) is 0 Å². The standard InChI is InChI=1S/C22H36OS/c1-2-3-4-5-6-7-8-9-10-11-12-13-14-15-16-20-19-21(23)17-18-22(20)24/h17-19H,2-16H2,1H3. The minimum atomic E-state index is 0.0870. The average molecular weight is 349 g/mol. The van der Waals surface area contributed by atoms with Crippen molar-refractivity contribution >= 4 is 22.9 Å². The van der Waals surface area contributed by atoms with Gasteiger partial charge < -0.3 is 0 Å². The molecule has 0 heterocycles. The maximum atomic E-state index is 11.3. The lowest BCUT2D eigenvalue weighted by molar-refractivity contribution is -0.110. The summed E-state index contributed by atoms with van der Waals surface area (Å²) in [5, 5.41) is 0. The summed E-state index contributed by atoms with van der Waals surface area (Å²) in [6.07, 6.45) is 25.3. The largest absolute Gasteiger partial charge is 0.290 e. The van der Waals surface area contributed by atoms with Gasteiger partial charge >= 0.3 is 0 Å². The van der Waals surface area contributed by atoms with E-state index in [4.69, 9.17) is 12.2 Å². The maximum absolute atomic E-state index is 11.3. The first-order valence-corrected chi connectivity index (χ1v) is 10.6. The van der Waals surface area contributed by atoms with Crippen molar-refractivity contribution in [2.45, 2.75) is 103 Å². The smallest absolute Gasteiger partial charge is 0.179 e. The third-order valence-corrected chi connectivity index (χ3v) is 5.23. The third kappa shape index (κ3) is 10.9. The van der Waals surface area contributed by atoms with Gasteiger partial charge in [0.1, 0.15) is 0 Å². The molecule has 1 nitrogen and oxygen atoms in total. The summed E-state index contributed by atoms with van der Waals surface area (Å²) in [5.74, 6) is 0.0870. The van der Waals surface area contributed by atoms with Crippen LogP contribution in [0, 0.1) is 0 Å². The minimum absolute atomic E-state index is 0.0870. The molecule has 136 valence electrons. The second kappa shape index (κ2) is 14.6. The molecule has 0 aromatic carbocycles. The Morgan fingerprint density at radius 3 is 1.67 bits per heavy atom. The number of carbonyl (C=O) groups is 1. The summed E-state index contributed by atoms with van der Waals surface area (Å²) in [7, 11) is 0. The molecule has 0 radical (unpaired) electrons. The van der Waals surface area contributed by atoms with Gasteiger partial charge in [0.15, 0.2) is 5.78 Å². The molecule has 0 saturated carbocycles. The second-order valence-electron chi connectivity index (χ2n) is 7.12. The third-order valence-electron chi connectivity index (χ3n) is 4.83. The van der Waals surface area contributed by atoms with Crippen LogP contribution < -0.4 is 0 Å². The average Bonchev–Trinajstić information content (AvgIpc) is 2.58. The Labute approximate surface area is 155 Å². The summed E-state index contributed by atoms with van der Waals surface area (Å²) in [4.78, 5) is 12.2. The molecule has 2 heteroatoms. The lowest BCUT2D eigenvalue weighted by atomic mass is 9.98. The van der Waals surface area contributed by atoms with Gasteiger partial charge in [-0.2, -0.15) is 0 Å². The Morgan fingerprint density at radius 1 is 0.708 bits per heavy atom.